The minimum atomic E-state index is -0.559. The molecule has 0 radical (unpaired) electrons. The molecule has 0 spiro atoms. The molecule has 1 heterocycles. The number of nitrogens with one attached hydrogen (secondary N) is 1. The summed E-state index contributed by atoms with van der Waals surface area (Å²) >= 11 is 6.38. The highest BCUT2D eigenvalue weighted by Crippen LogP contribution is 2.18. The number of aromatic nitrogens is 2. The highest BCUT2D eigenvalue weighted by atomic mass is 32.1. The number of nitrogens with two attached hydrogens (primary N) is 1. The minimum absolute atomic E-state index is 0.177. The van der Waals surface area contributed by atoms with Crippen molar-refractivity contribution in [2.24, 2.45) is 11.7 Å². The zero-order chi connectivity index (χ0) is 15.2. The van der Waals surface area contributed by atoms with Gasteiger partial charge in [0.25, 0.3) is 0 Å². The van der Waals surface area contributed by atoms with Crippen molar-refractivity contribution in [2.75, 3.05) is 5.32 Å². The summed E-state index contributed by atoms with van der Waals surface area (Å²) in [5, 5.41) is 12.0. The van der Waals surface area contributed by atoms with Gasteiger partial charge in [-0.05, 0) is 18.4 Å². The number of nitrogens with zero attached hydrogens (tertiary/aromatic N) is 2. The number of amides is 1. The Morgan fingerprint density at radius 1 is 1.38 bits per heavy atom. The Hall–Kier alpha value is -1.86. The van der Waals surface area contributed by atoms with Crippen molar-refractivity contribution >= 4 is 39.6 Å². The van der Waals surface area contributed by atoms with E-state index < -0.39 is 5.92 Å². The lowest BCUT2D eigenvalue weighted by molar-refractivity contribution is -0.118. The molecule has 2 rings (SSSR count). The van der Waals surface area contributed by atoms with Crippen LogP contribution in [-0.4, -0.2) is 21.1 Å². The zero-order valence-corrected chi connectivity index (χ0v) is 13.2. The fourth-order valence-electron chi connectivity index (χ4n) is 1.81. The Balaban J connectivity index is 2.07. The molecule has 1 amide bonds. The van der Waals surface area contributed by atoms with Gasteiger partial charge in [0.15, 0.2) is 0 Å². The number of anilines is 1. The van der Waals surface area contributed by atoms with E-state index in [0.717, 1.165) is 17.0 Å². The van der Waals surface area contributed by atoms with Crippen molar-refractivity contribution in [3.63, 3.8) is 0 Å². The lowest BCUT2D eigenvalue weighted by Crippen LogP contribution is -2.34. The van der Waals surface area contributed by atoms with Gasteiger partial charge < -0.3 is 5.73 Å². The number of carbonyl (C=O) groups excluding carboxylic acids is 1. The van der Waals surface area contributed by atoms with Crippen molar-refractivity contribution in [3.8, 4) is 0 Å². The molecule has 5 nitrogen and oxygen atoms in total. The van der Waals surface area contributed by atoms with E-state index in [4.69, 9.17) is 18.0 Å². The quantitative estimate of drug-likeness (QED) is 0.797. The number of aryl methyl sites for hydroxylation is 1. The van der Waals surface area contributed by atoms with E-state index in [1.165, 1.54) is 11.3 Å². The predicted octanol–water partition coefficient (Wildman–Crippen LogP) is 2.18. The molecule has 0 aliphatic heterocycles. The van der Waals surface area contributed by atoms with Crippen molar-refractivity contribution < 1.29 is 4.79 Å². The maximum Gasteiger partial charge on any atom is 0.236 e. The molecule has 0 saturated heterocycles. The molecule has 0 saturated carbocycles. The SMILES string of the molecule is CCc1nnc(NC(=O)C(Cc2ccccc2)C(N)=S)s1. The molecule has 0 fully saturated rings. The van der Waals surface area contributed by atoms with Gasteiger partial charge in [-0.1, -0.05) is 60.8 Å². The first-order chi connectivity index (χ1) is 10.1. The third kappa shape index (κ3) is 4.30. The fraction of sp³-hybridized carbons (Fsp3) is 0.286. The van der Waals surface area contributed by atoms with Crippen LogP contribution in [0.15, 0.2) is 30.3 Å². The van der Waals surface area contributed by atoms with Gasteiger partial charge in [-0.25, -0.2) is 0 Å². The largest absolute Gasteiger partial charge is 0.393 e. The highest BCUT2D eigenvalue weighted by molar-refractivity contribution is 7.80. The second-order valence-corrected chi connectivity index (χ2v) is 6.02. The molecule has 110 valence electrons. The van der Waals surface area contributed by atoms with Crippen molar-refractivity contribution in [1.29, 1.82) is 0 Å². The Morgan fingerprint density at radius 2 is 2.10 bits per heavy atom. The number of carbonyl (C=O) groups is 1. The van der Waals surface area contributed by atoms with Crippen LogP contribution >= 0.6 is 23.6 Å². The molecular formula is C14H16N4OS2. The predicted molar refractivity (Wildman–Crippen MR) is 88.3 cm³/mol. The van der Waals surface area contributed by atoms with Gasteiger partial charge in [0.05, 0.1) is 10.9 Å². The van der Waals surface area contributed by atoms with Gasteiger partial charge in [-0.3, -0.25) is 10.1 Å². The van der Waals surface area contributed by atoms with Gasteiger partial charge in [0.2, 0.25) is 11.0 Å². The highest BCUT2D eigenvalue weighted by Gasteiger charge is 2.23. The van der Waals surface area contributed by atoms with Gasteiger partial charge in [-0.15, -0.1) is 10.2 Å². The molecule has 0 bridgehead atoms. The van der Waals surface area contributed by atoms with Gasteiger partial charge in [0.1, 0.15) is 5.01 Å². The summed E-state index contributed by atoms with van der Waals surface area (Å²) < 4.78 is 0. The first-order valence-electron chi connectivity index (χ1n) is 6.56. The van der Waals surface area contributed by atoms with Crippen LogP contribution in [0.5, 0.6) is 0 Å². The first-order valence-corrected chi connectivity index (χ1v) is 7.79. The third-order valence-corrected chi connectivity index (χ3v) is 4.21. The van der Waals surface area contributed by atoms with Crippen LogP contribution in [0.2, 0.25) is 0 Å². The van der Waals surface area contributed by atoms with Crippen LogP contribution in [0, 0.1) is 5.92 Å². The standard InChI is InChI=1S/C14H16N4OS2/c1-2-11-17-18-14(21-11)16-13(19)10(12(15)20)8-9-6-4-3-5-7-9/h3-7,10H,2,8H2,1H3,(H2,15,20)(H,16,18,19). The molecular weight excluding hydrogens is 304 g/mol. The average Bonchev–Trinajstić information content (AvgIpc) is 2.93. The molecule has 1 atom stereocenters. The van der Waals surface area contributed by atoms with Gasteiger partial charge in [0, 0.05) is 0 Å². The smallest absolute Gasteiger partial charge is 0.236 e. The van der Waals surface area contributed by atoms with Crippen LogP contribution in [-0.2, 0) is 17.6 Å². The van der Waals surface area contributed by atoms with Crippen LogP contribution in [0.4, 0.5) is 5.13 Å². The van der Waals surface area contributed by atoms with Crippen molar-refractivity contribution in [2.45, 2.75) is 19.8 Å². The molecule has 1 unspecified atom stereocenters. The maximum absolute atomic E-state index is 12.3. The lowest BCUT2D eigenvalue weighted by atomic mass is 9.98. The fourth-order valence-corrected chi connectivity index (χ4v) is 2.68. The normalized spacial score (nSPS) is 11.9. The second kappa shape index (κ2) is 7.24. The number of hydrogen-bond donors (Lipinski definition) is 2. The maximum atomic E-state index is 12.3. The second-order valence-electron chi connectivity index (χ2n) is 4.49. The Morgan fingerprint density at radius 3 is 2.67 bits per heavy atom. The summed E-state index contributed by atoms with van der Waals surface area (Å²) in [5.74, 6) is -0.804. The molecule has 7 heteroatoms. The summed E-state index contributed by atoms with van der Waals surface area (Å²) in [7, 11) is 0. The van der Waals surface area contributed by atoms with Crippen LogP contribution < -0.4 is 11.1 Å². The topological polar surface area (TPSA) is 80.9 Å². The molecule has 21 heavy (non-hydrogen) atoms. The Kier molecular flexibility index (Phi) is 5.35. The van der Waals surface area contributed by atoms with E-state index in [1.807, 2.05) is 37.3 Å². The summed E-state index contributed by atoms with van der Waals surface area (Å²) in [4.78, 5) is 12.5. The summed E-state index contributed by atoms with van der Waals surface area (Å²) in [6.07, 6.45) is 1.26. The number of thiocarbonyl (C=S) groups is 1. The van der Waals surface area contributed by atoms with E-state index >= 15 is 0 Å². The third-order valence-electron chi connectivity index (χ3n) is 2.94. The Labute approximate surface area is 132 Å². The van der Waals surface area contributed by atoms with Crippen molar-refractivity contribution in [1.82, 2.24) is 10.2 Å². The van der Waals surface area contributed by atoms with Crippen LogP contribution in [0.25, 0.3) is 0 Å². The van der Waals surface area contributed by atoms with Crippen LogP contribution in [0.3, 0.4) is 0 Å². The van der Waals surface area contributed by atoms with Gasteiger partial charge in [-0.2, -0.15) is 0 Å². The van der Waals surface area contributed by atoms with Crippen LogP contribution in [0.1, 0.15) is 17.5 Å². The van der Waals surface area contributed by atoms with E-state index in [0.29, 0.717) is 11.6 Å². The first kappa shape index (κ1) is 15.5. The minimum Gasteiger partial charge on any atom is -0.393 e. The Bertz CT molecular complexity index is 627. The summed E-state index contributed by atoms with van der Waals surface area (Å²) in [6.45, 7) is 1.99. The van der Waals surface area contributed by atoms with Gasteiger partial charge >= 0.3 is 0 Å². The number of benzene rings is 1. The van der Waals surface area contributed by atoms with E-state index in [1.54, 1.807) is 0 Å². The summed E-state index contributed by atoms with van der Waals surface area (Å²) in [5.41, 5.74) is 6.72. The monoisotopic (exact) mass is 320 g/mol. The average molecular weight is 320 g/mol. The molecule has 3 N–H and O–H groups in total. The lowest BCUT2D eigenvalue weighted by Gasteiger charge is -2.14. The van der Waals surface area contributed by atoms with E-state index in [9.17, 15) is 4.79 Å². The zero-order valence-electron chi connectivity index (χ0n) is 11.6. The van der Waals surface area contributed by atoms with Crippen molar-refractivity contribution in [3.05, 3.63) is 40.9 Å². The van der Waals surface area contributed by atoms with E-state index in [2.05, 4.69) is 15.5 Å². The van der Waals surface area contributed by atoms with E-state index in [-0.39, 0.29) is 10.9 Å². The molecule has 0 aliphatic rings. The molecule has 2 aromatic rings. The number of hydrogen-bond acceptors (Lipinski definition) is 5. The molecule has 1 aromatic heterocycles. The molecule has 1 aromatic carbocycles. The number of rotatable bonds is 6. The summed E-state index contributed by atoms with van der Waals surface area (Å²) in [6, 6.07) is 9.65. The molecule has 0 aliphatic carbocycles.